The molecule has 3 rings (SSSR count). The zero-order valence-corrected chi connectivity index (χ0v) is 9.99. The minimum atomic E-state index is -0.381. The molecule has 0 saturated heterocycles. The first-order valence-electron chi connectivity index (χ1n) is 6.87. The number of fused-ring (bicyclic) bond motifs is 2. The molecule has 0 aromatic carbocycles. The van der Waals surface area contributed by atoms with Gasteiger partial charge in [-0.3, -0.25) is 0 Å². The zero-order chi connectivity index (χ0) is 11.0. The van der Waals surface area contributed by atoms with Gasteiger partial charge in [-0.2, -0.15) is 0 Å². The maximum atomic E-state index is 10.2. The highest BCUT2D eigenvalue weighted by atomic mass is 16.3. The average molecular weight is 221 g/mol. The van der Waals surface area contributed by atoms with Crippen LogP contribution in [0.5, 0.6) is 0 Å². The van der Waals surface area contributed by atoms with Crippen molar-refractivity contribution in [2.45, 2.75) is 44.1 Å². The Hall–Kier alpha value is -0.340. The summed E-state index contributed by atoms with van der Waals surface area (Å²) in [6.07, 6.45) is 12.0. The standard InChI is InChI=1S/C14H23NO/c16-14(5-1-2-6-14)10-15-9-13-8-11-3-4-12(13)7-11/h3-4,11-13,15-16H,1-2,5-10H2. The maximum absolute atomic E-state index is 10.2. The molecule has 2 saturated carbocycles. The van der Waals surface area contributed by atoms with E-state index in [9.17, 15) is 5.11 Å². The summed E-state index contributed by atoms with van der Waals surface area (Å²) in [7, 11) is 0. The lowest BCUT2D eigenvalue weighted by Crippen LogP contribution is -2.40. The van der Waals surface area contributed by atoms with Gasteiger partial charge in [0.05, 0.1) is 5.60 Å². The molecule has 2 fully saturated rings. The lowest BCUT2D eigenvalue weighted by Gasteiger charge is -2.25. The molecule has 90 valence electrons. The monoisotopic (exact) mass is 221 g/mol. The van der Waals surface area contributed by atoms with Gasteiger partial charge < -0.3 is 10.4 Å². The third kappa shape index (κ3) is 2.05. The molecule has 2 bridgehead atoms. The van der Waals surface area contributed by atoms with E-state index in [1.54, 1.807) is 0 Å². The van der Waals surface area contributed by atoms with Crippen molar-refractivity contribution in [3.8, 4) is 0 Å². The molecule has 0 radical (unpaired) electrons. The Bertz CT molecular complexity index is 280. The molecule has 0 aliphatic heterocycles. The van der Waals surface area contributed by atoms with Gasteiger partial charge in [-0.15, -0.1) is 0 Å². The predicted octanol–water partition coefficient (Wildman–Crippen LogP) is 2.09. The highest BCUT2D eigenvalue weighted by molar-refractivity contribution is 5.10. The number of allylic oxidation sites excluding steroid dienone is 2. The first kappa shape index (κ1) is 10.8. The van der Waals surface area contributed by atoms with Crippen LogP contribution in [0.2, 0.25) is 0 Å². The molecule has 3 atom stereocenters. The summed E-state index contributed by atoms with van der Waals surface area (Å²) in [4.78, 5) is 0. The van der Waals surface area contributed by atoms with E-state index < -0.39 is 0 Å². The van der Waals surface area contributed by atoms with Crippen LogP contribution in [0.1, 0.15) is 38.5 Å². The van der Waals surface area contributed by atoms with Crippen molar-refractivity contribution in [2.24, 2.45) is 17.8 Å². The fourth-order valence-electron chi connectivity index (χ4n) is 3.83. The van der Waals surface area contributed by atoms with Crippen molar-refractivity contribution in [1.82, 2.24) is 5.32 Å². The average Bonchev–Trinajstić information content (AvgIpc) is 2.94. The highest BCUT2D eigenvalue weighted by Gasteiger charge is 2.36. The second-order valence-electron chi connectivity index (χ2n) is 6.10. The third-order valence-corrected chi connectivity index (χ3v) is 4.81. The van der Waals surface area contributed by atoms with Crippen LogP contribution < -0.4 is 5.32 Å². The summed E-state index contributed by atoms with van der Waals surface area (Å²) in [5, 5.41) is 13.7. The smallest absolute Gasteiger partial charge is 0.0771 e. The van der Waals surface area contributed by atoms with E-state index in [-0.39, 0.29) is 5.60 Å². The van der Waals surface area contributed by atoms with Crippen LogP contribution in [0, 0.1) is 17.8 Å². The Morgan fingerprint density at radius 2 is 2.00 bits per heavy atom. The molecule has 0 heterocycles. The second kappa shape index (κ2) is 4.15. The summed E-state index contributed by atoms with van der Waals surface area (Å²) in [6, 6.07) is 0. The van der Waals surface area contributed by atoms with Crippen LogP contribution in [0.3, 0.4) is 0 Å². The molecule has 0 aromatic rings. The quantitative estimate of drug-likeness (QED) is 0.713. The van der Waals surface area contributed by atoms with Crippen LogP contribution in [-0.2, 0) is 0 Å². The minimum absolute atomic E-state index is 0.381. The third-order valence-electron chi connectivity index (χ3n) is 4.81. The molecule has 0 aromatic heterocycles. The normalized spacial score (nSPS) is 39.7. The van der Waals surface area contributed by atoms with Gasteiger partial charge in [0.1, 0.15) is 0 Å². The zero-order valence-electron chi connectivity index (χ0n) is 9.99. The molecule has 3 unspecified atom stereocenters. The maximum Gasteiger partial charge on any atom is 0.0771 e. The van der Waals surface area contributed by atoms with Gasteiger partial charge >= 0.3 is 0 Å². The summed E-state index contributed by atoms with van der Waals surface area (Å²) in [6.45, 7) is 1.92. The summed E-state index contributed by atoms with van der Waals surface area (Å²) < 4.78 is 0. The van der Waals surface area contributed by atoms with Crippen LogP contribution in [0.4, 0.5) is 0 Å². The predicted molar refractivity (Wildman–Crippen MR) is 65.1 cm³/mol. The first-order chi connectivity index (χ1) is 7.75. The van der Waals surface area contributed by atoms with E-state index >= 15 is 0 Å². The Balaban J connectivity index is 1.42. The van der Waals surface area contributed by atoms with Gasteiger partial charge in [0.15, 0.2) is 0 Å². The van der Waals surface area contributed by atoms with Crippen molar-refractivity contribution in [3.05, 3.63) is 12.2 Å². The van der Waals surface area contributed by atoms with Crippen LogP contribution in [0.25, 0.3) is 0 Å². The topological polar surface area (TPSA) is 32.3 Å². The molecule has 16 heavy (non-hydrogen) atoms. The highest BCUT2D eigenvalue weighted by Crippen LogP contribution is 2.43. The second-order valence-corrected chi connectivity index (χ2v) is 6.10. The number of aliphatic hydroxyl groups is 1. The van der Waals surface area contributed by atoms with Crippen molar-refractivity contribution < 1.29 is 5.11 Å². The van der Waals surface area contributed by atoms with Gasteiger partial charge in [-0.05, 0) is 50.0 Å². The number of rotatable bonds is 4. The van der Waals surface area contributed by atoms with Crippen molar-refractivity contribution in [2.75, 3.05) is 13.1 Å². The Morgan fingerprint density at radius 1 is 1.19 bits per heavy atom. The van der Waals surface area contributed by atoms with Gasteiger partial charge in [0.2, 0.25) is 0 Å². The molecule has 3 aliphatic carbocycles. The Morgan fingerprint density at radius 3 is 2.62 bits per heavy atom. The van der Waals surface area contributed by atoms with E-state index in [1.807, 2.05) is 0 Å². The molecule has 0 spiro atoms. The lowest BCUT2D eigenvalue weighted by molar-refractivity contribution is 0.0466. The fourth-order valence-corrected chi connectivity index (χ4v) is 3.83. The van der Waals surface area contributed by atoms with Crippen molar-refractivity contribution in [1.29, 1.82) is 0 Å². The number of nitrogens with one attached hydrogen (secondary N) is 1. The molecular weight excluding hydrogens is 198 g/mol. The largest absolute Gasteiger partial charge is 0.389 e. The molecule has 2 N–H and O–H groups in total. The molecule has 0 amide bonds. The molecule has 2 nitrogen and oxygen atoms in total. The van der Waals surface area contributed by atoms with Gasteiger partial charge in [-0.25, -0.2) is 0 Å². The number of hydrogen-bond acceptors (Lipinski definition) is 2. The van der Waals surface area contributed by atoms with E-state index in [1.165, 1.54) is 25.7 Å². The van der Waals surface area contributed by atoms with Crippen molar-refractivity contribution >= 4 is 0 Å². The fraction of sp³-hybridized carbons (Fsp3) is 0.857. The number of hydrogen-bond donors (Lipinski definition) is 2. The molecule has 2 heteroatoms. The Labute approximate surface area is 98.1 Å². The van der Waals surface area contributed by atoms with E-state index in [4.69, 9.17) is 0 Å². The van der Waals surface area contributed by atoms with E-state index in [2.05, 4.69) is 17.5 Å². The summed E-state index contributed by atoms with van der Waals surface area (Å²) in [5.41, 5.74) is -0.381. The lowest BCUT2D eigenvalue weighted by atomic mass is 9.93. The van der Waals surface area contributed by atoms with Crippen LogP contribution in [-0.4, -0.2) is 23.8 Å². The minimum Gasteiger partial charge on any atom is -0.389 e. The van der Waals surface area contributed by atoms with Crippen LogP contribution in [0.15, 0.2) is 12.2 Å². The van der Waals surface area contributed by atoms with Gasteiger partial charge in [-0.1, -0.05) is 25.0 Å². The SMILES string of the molecule is OC1(CNCC2CC3C=CC2C3)CCCC1. The first-order valence-corrected chi connectivity index (χ1v) is 6.87. The van der Waals surface area contributed by atoms with Gasteiger partial charge in [0.25, 0.3) is 0 Å². The summed E-state index contributed by atoms with van der Waals surface area (Å²) >= 11 is 0. The summed E-state index contributed by atoms with van der Waals surface area (Å²) in [5.74, 6) is 2.53. The van der Waals surface area contributed by atoms with Gasteiger partial charge in [0, 0.05) is 6.54 Å². The van der Waals surface area contributed by atoms with Crippen molar-refractivity contribution in [3.63, 3.8) is 0 Å². The molecule has 3 aliphatic rings. The van der Waals surface area contributed by atoms with E-state index in [0.717, 1.165) is 43.7 Å². The Kier molecular flexibility index (Phi) is 2.80. The van der Waals surface area contributed by atoms with E-state index in [0.29, 0.717) is 0 Å². The van der Waals surface area contributed by atoms with Crippen LogP contribution >= 0.6 is 0 Å². The molecular formula is C14H23NO.